The Labute approximate surface area is 134 Å². The summed E-state index contributed by atoms with van der Waals surface area (Å²) in [4.78, 5) is 16.2. The number of nitrogens with zero attached hydrogens (tertiary/aromatic N) is 5. The maximum Gasteiger partial charge on any atom is 0.241 e. The summed E-state index contributed by atoms with van der Waals surface area (Å²) in [5.41, 5.74) is 0.645. The predicted octanol–water partition coefficient (Wildman–Crippen LogP) is 3.76. The molecule has 2 aromatic heterocycles. The Hall–Kier alpha value is -1.89. The number of imidazole rings is 1. The first-order valence-electron chi connectivity index (χ1n) is 5.73. The highest BCUT2D eigenvalue weighted by atomic mass is 35.5. The Morgan fingerprint density at radius 2 is 1.71 bits per heavy atom. The summed E-state index contributed by atoms with van der Waals surface area (Å²) in [6, 6.07) is 5.02. The molecule has 2 heterocycles. The summed E-state index contributed by atoms with van der Waals surface area (Å²) in [6.07, 6.45) is 4.87. The number of hydrogen-bond acceptors (Lipinski definition) is 5. The summed E-state index contributed by atoms with van der Waals surface area (Å²) in [5, 5.41) is 4.04. The molecule has 106 valence electrons. The lowest BCUT2D eigenvalue weighted by Crippen LogP contribution is -2.05. The van der Waals surface area contributed by atoms with Gasteiger partial charge in [0.25, 0.3) is 0 Å². The van der Waals surface area contributed by atoms with E-state index in [2.05, 4.69) is 25.3 Å². The zero-order valence-electron chi connectivity index (χ0n) is 10.3. The Morgan fingerprint density at radius 1 is 0.952 bits per heavy atom. The second-order valence-electron chi connectivity index (χ2n) is 3.98. The highest BCUT2D eigenvalue weighted by Crippen LogP contribution is 2.24. The van der Waals surface area contributed by atoms with Crippen LogP contribution in [-0.2, 0) is 0 Å². The lowest BCUT2D eigenvalue weighted by molar-refractivity contribution is 0.899. The Morgan fingerprint density at radius 3 is 2.38 bits per heavy atom. The molecule has 0 fully saturated rings. The van der Waals surface area contributed by atoms with Crippen molar-refractivity contribution in [3.63, 3.8) is 0 Å². The molecule has 0 radical (unpaired) electrons. The van der Waals surface area contributed by atoms with Gasteiger partial charge in [-0.05, 0) is 29.8 Å². The third-order valence-corrected chi connectivity index (χ3v) is 3.06. The molecule has 0 bridgehead atoms. The van der Waals surface area contributed by atoms with E-state index < -0.39 is 0 Å². The number of halogens is 3. The number of benzene rings is 1. The topological polar surface area (TPSA) is 68.5 Å². The molecule has 6 nitrogen and oxygen atoms in total. The third kappa shape index (κ3) is 3.41. The van der Waals surface area contributed by atoms with Gasteiger partial charge in [-0.2, -0.15) is 15.0 Å². The Bertz CT molecular complexity index is 754. The number of anilines is 2. The second-order valence-corrected chi connectivity index (χ2v) is 5.19. The van der Waals surface area contributed by atoms with E-state index >= 15 is 0 Å². The molecule has 0 aliphatic rings. The smallest absolute Gasteiger partial charge is 0.241 e. The normalized spacial score (nSPS) is 10.6. The molecule has 0 atom stereocenters. The van der Waals surface area contributed by atoms with E-state index in [-0.39, 0.29) is 11.2 Å². The van der Waals surface area contributed by atoms with Gasteiger partial charge in [0, 0.05) is 28.1 Å². The Balaban J connectivity index is 1.95. The molecular formula is C12H7Cl3N6. The highest BCUT2D eigenvalue weighted by Gasteiger charge is 2.08. The van der Waals surface area contributed by atoms with Crippen LogP contribution in [0.4, 0.5) is 11.6 Å². The molecule has 3 rings (SSSR count). The van der Waals surface area contributed by atoms with Crippen LogP contribution in [0.3, 0.4) is 0 Å². The Kier molecular flexibility index (Phi) is 3.92. The van der Waals surface area contributed by atoms with Crippen LogP contribution < -0.4 is 5.32 Å². The van der Waals surface area contributed by atoms with E-state index in [1.54, 1.807) is 41.5 Å². The summed E-state index contributed by atoms with van der Waals surface area (Å²) >= 11 is 17.8. The van der Waals surface area contributed by atoms with E-state index in [0.717, 1.165) is 0 Å². The molecule has 0 amide bonds. The SMILES string of the molecule is Clc1cc(Cl)cc(Nc2nc(Cl)nc(-n3ccnc3)n2)c1. The maximum absolute atomic E-state index is 5.94. The minimum atomic E-state index is 0.0596. The monoisotopic (exact) mass is 340 g/mol. The number of nitrogens with one attached hydrogen (secondary N) is 1. The van der Waals surface area contributed by atoms with Crippen molar-refractivity contribution in [3.8, 4) is 5.95 Å². The maximum atomic E-state index is 5.94. The number of rotatable bonds is 3. The van der Waals surface area contributed by atoms with Crippen molar-refractivity contribution < 1.29 is 0 Å². The quantitative estimate of drug-likeness (QED) is 0.785. The zero-order chi connectivity index (χ0) is 14.8. The lowest BCUT2D eigenvalue weighted by atomic mass is 10.3. The average molecular weight is 342 g/mol. The number of hydrogen-bond donors (Lipinski definition) is 1. The van der Waals surface area contributed by atoms with Crippen molar-refractivity contribution in [2.45, 2.75) is 0 Å². The fourth-order valence-corrected chi connectivity index (χ4v) is 2.33. The van der Waals surface area contributed by atoms with Gasteiger partial charge in [0.15, 0.2) is 0 Å². The van der Waals surface area contributed by atoms with Crippen LogP contribution in [0.2, 0.25) is 15.3 Å². The minimum Gasteiger partial charge on any atom is -0.324 e. The van der Waals surface area contributed by atoms with E-state index in [9.17, 15) is 0 Å². The van der Waals surface area contributed by atoms with E-state index in [1.807, 2.05) is 0 Å². The first-order chi connectivity index (χ1) is 10.1. The van der Waals surface area contributed by atoms with Crippen LogP contribution in [0.15, 0.2) is 36.9 Å². The van der Waals surface area contributed by atoms with Crippen molar-refractivity contribution in [2.24, 2.45) is 0 Å². The predicted molar refractivity (Wildman–Crippen MR) is 81.7 cm³/mol. The minimum absolute atomic E-state index is 0.0596. The molecule has 21 heavy (non-hydrogen) atoms. The van der Waals surface area contributed by atoms with Crippen molar-refractivity contribution in [2.75, 3.05) is 5.32 Å². The molecule has 0 unspecified atom stereocenters. The zero-order valence-corrected chi connectivity index (χ0v) is 12.6. The van der Waals surface area contributed by atoms with Gasteiger partial charge in [-0.25, -0.2) is 4.98 Å². The van der Waals surface area contributed by atoms with Gasteiger partial charge >= 0.3 is 0 Å². The van der Waals surface area contributed by atoms with Gasteiger partial charge in [0.1, 0.15) is 6.33 Å². The largest absolute Gasteiger partial charge is 0.324 e. The molecule has 0 aliphatic heterocycles. The van der Waals surface area contributed by atoms with Gasteiger partial charge in [0.2, 0.25) is 17.2 Å². The van der Waals surface area contributed by atoms with Crippen molar-refractivity contribution >= 4 is 46.4 Å². The van der Waals surface area contributed by atoms with Gasteiger partial charge in [-0.15, -0.1) is 0 Å². The standard InChI is InChI=1S/C12H7Cl3N6/c13-7-3-8(14)5-9(4-7)17-11-18-10(15)19-12(20-11)21-2-1-16-6-21/h1-6H,(H,17,18,19,20). The van der Waals surface area contributed by atoms with Crippen molar-refractivity contribution in [1.82, 2.24) is 24.5 Å². The van der Waals surface area contributed by atoms with Crippen LogP contribution in [0, 0.1) is 0 Å². The summed E-state index contributed by atoms with van der Waals surface area (Å²) in [7, 11) is 0. The average Bonchev–Trinajstić information content (AvgIpc) is 2.90. The summed E-state index contributed by atoms with van der Waals surface area (Å²) in [6.45, 7) is 0. The second kappa shape index (κ2) is 5.85. The fourth-order valence-electron chi connectivity index (χ4n) is 1.64. The van der Waals surface area contributed by atoms with E-state index in [0.29, 0.717) is 21.7 Å². The summed E-state index contributed by atoms with van der Waals surface area (Å²) in [5.74, 6) is 0.625. The molecule has 0 spiro atoms. The van der Waals surface area contributed by atoms with Gasteiger partial charge in [0.05, 0.1) is 0 Å². The molecular weight excluding hydrogens is 335 g/mol. The summed E-state index contributed by atoms with van der Waals surface area (Å²) < 4.78 is 1.61. The van der Waals surface area contributed by atoms with Crippen LogP contribution in [0.25, 0.3) is 5.95 Å². The molecule has 9 heteroatoms. The van der Waals surface area contributed by atoms with Crippen molar-refractivity contribution in [3.05, 3.63) is 52.2 Å². The van der Waals surface area contributed by atoms with Crippen LogP contribution >= 0.6 is 34.8 Å². The third-order valence-electron chi connectivity index (χ3n) is 2.45. The lowest BCUT2D eigenvalue weighted by Gasteiger charge is -2.07. The van der Waals surface area contributed by atoms with Crippen molar-refractivity contribution in [1.29, 1.82) is 0 Å². The first kappa shape index (κ1) is 14.1. The molecule has 0 saturated heterocycles. The first-order valence-corrected chi connectivity index (χ1v) is 6.86. The number of aromatic nitrogens is 5. The molecule has 1 aromatic carbocycles. The molecule has 1 N–H and O–H groups in total. The van der Waals surface area contributed by atoms with Crippen LogP contribution in [-0.4, -0.2) is 24.5 Å². The molecule has 0 aliphatic carbocycles. The molecule has 3 aromatic rings. The fraction of sp³-hybridized carbons (Fsp3) is 0. The van der Waals surface area contributed by atoms with E-state index in [1.165, 1.54) is 0 Å². The highest BCUT2D eigenvalue weighted by molar-refractivity contribution is 6.35. The van der Waals surface area contributed by atoms with E-state index in [4.69, 9.17) is 34.8 Å². The molecule has 0 saturated carbocycles. The van der Waals surface area contributed by atoms with Gasteiger partial charge < -0.3 is 5.32 Å². The van der Waals surface area contributed by atoms with Crippen LogP contribution in [0.1, 0.15) is 0 Å². The van der Waals surface area contributed by atoms with Gasteiger partial charge in [-0.1, -0.05) is 23.2 Å². The van der Waals surface area contributed by atoms with Gasteiger partial charge in [-0.3, -0.25) is 4.57 Å². The van der Waals surface area contributed by atoms with Crippen LogP contribution in [0.5, 0.6) is 0 Å².